The predicted octanol–water partition coefficient (Wildman–Crippen LogP) is 4.32. The van der Waals surface area contributed by atoms with Crippen LogP contribution < -0.4 is 25.9 Å². The van der Waals surface area contributed by atoms with E-state index >= 15 is 0 Å². The molecule has 0 saturated carbocycles. The van der Waals surface area contributed by atoms with E-state index in [0.717, 1.165) is 48.7 Å². The van der Waals surface area contributed by atoms with Gasteiger partial charge < -0.3 is 9.47 Å². The molecular weight excluding hydrogens is 331 g/mol. The van der Waals surface area contributed by atoms with Crippen LogP contribution in [-0.2, 0) is 12.8 Å². The van der Waals surface area contributed by atoms with Gasteiger partial charge in [0.25, 0.3) is 6.71 Å². The highest BCUT2D eigenvalue weighted by Gasteiger charge is 2.41. The quantitative estimate of drug-likeness (QED) is 0.448. The summed E-state index contributed by atoms with van der Waals surface area (Å²) < 4.78 is 12.7. The lowest BCUT2D eigenvalue weighted by Gasteiger charge is -2.35. The zero-order valence-corrected chi connectivity index (χ0v) is 15.9. The fourth-order valence-electron chi connectivity index (χ4n) is 4.64. The third-order valence-corrected chi connectivity index (χ3v) is 5.68. The molecule has 2 heterocycles. The lowest BCUT2D eigenvalue weighted by molar-refractivity contribution is 0.464. The molecule has 3 heteroatoms. The zero-order chi connectivity index (χ0) is 18.4. The van der Waals surface area contributed by atoms with E-state index in [9.17, 15) is 0 Å². The Balaban J connectivity index is 1.83. The topological polar surface area (TPSA) is 18.5 Å². The van der Waals surface area contributed by atoms with Crippen molar-refractivity contribution in [1.82, 2.24) is 0 Å². The van der Waals surface area contributed by atoms with Gasteiger partial charge >= 0.3 is 0 Å². The molecule has 0 spiro atoms. The molecular formula is C24H23BO2. The lowest BCUT2D eigenvalue weighted by Crippen LogP contribution is -2.59. The Morgan fingerprint density at radius 2 is 1.00 bits per heavy atom. The molecule has 5 rings (SSSR count). The first-order chi connectivity index (χ1) is 13.3. The van der Waals surface area contributed by atoms with E-state index in [4.69, 9.17) is 9.47 Å². The summed E-state index contributed by atoms with van der Waals surface area (Å²) in [6, 6.07) is 19.1. The number of benzene rings is 3. The van der Waals surface area contributed by atoms with Crippen LogP contribution in [0.15, 0.2) is 54.6 Å². The van der Waals surface area contributed by atoms with Gasteiger partial charge in [0.15, 0.2) is 0 Å². The van der Waals surface area contributed by atoms with Gasteiger partial charge in [0.1, 0.15) is 23.0 Å². The minimum atomic E-state index is 0.189. The smallest absolute Gasteiger partial charge is 0.261 e. The fourth-order valence-corrected chi connectivity index (χ4v) is 4.64. The van der Waals surface area contributed by atoms with Gasteiger partial charge in [-0.05, 0) is 59.2 Å². The highest BCUT2D eigenvalue weighted by molar-refractivity contribution is 6.98. The Morgan fingerprint density at radius 3 is 1.44 bits per heavy atom. The van der Waals surface area contributed by atoms with Gasteiger partial charge in [-0.3, -0.25) is 0 Å². The van der Waals surface area contributed by atoms with E-state index in [1.54, 1.807) is 0 Å². The highest BCUT2D eigenvalue weighted by atomic mass is 16.5. The second-order valence-corrected chi connectivity index (χ2v) is 7.46. The molecule has 134 valence electrons. The van der Waals surface area contributed by atoms with Gasteiger partial charge in [0.05, 0.1) is 0 Å². The molecule has 3 aromatic rings. The van der Waals surface area contributed by atoms with Gasteiger partial charge in [0.2, 0.25) is 0 Å². The number of ether oxygens (including phenoxy) is 2. The molecule has 0 saturated heterocycles. The molecule has 3 aromatic carbocycles. The Bertz CT molecular complexity index is 947. The van der Waals surface area contributed by atoms with E-state index in [1.165, 1.54) is 27.5 Å². The summed E-state index contributed by atoms with van der Waals surface area (Å²) in [6.07, 6.45) is 4.37. The van der Waals surface area contributed by atoms with E-state index in [-0.39, 0.29) is 6.71 Å². The molecule has 0 aromatic heterocycles. The number of fused-ring (bicyclic) bond motifs is 4. The monoisotopic (exact) mass is 354 g/mol. The van der Waals surface area contributed by atoms with Crippen LogP contribution in [-0.4, -0.2) is 6.71 Å². The van der Waals surface area contributed by atoms with Crippen molar-refractivity contribution in [1.29, 1.82) is 0 Å². The molecule has 0 atom stereocenters. The number of rotatable bonds is 4. The summed E-state index contributed by atoms with van der Waals surface area (Å²) in [5.74, 6) is 3.84. The third-order valence-electron chi connectivity index (χ3n) is 5.68. The number of hydrogen-bond donors (Lipinski definition) is 0. The van der Waals surface area contributed by atoms with Gasteiger partial charge in [0, 0.05) is 5.46 Å². The number of aryl methyl sites for hydroxylation is 2. The van der Waals surface area contributed by atoms with Crippen LogP contribution in [0.4, 0.5) is 0 Å². The van der Waals surface area contributed by atoms with E-state index in [2.05, 4.69) is 62.4 Å². The predicted molar refractivity (Wildman–Crippen MR) is 112 cm³/mol. The zero-order valence-electron chi connectivity index (χ0n) is 15.9. The van der Waals surface area contributed by atoms with Crippen LogP contribution in [0.1, 0.15) is 37.8 Å². The first-order valence-electron chi connectivity index (χ1n) is 10.0. The first kappa shape index (κ1) is 16.5. The van der Waals surface area contributed by atoms with Crippen molar-refractivity contribution in [2.75, 3.05) is 0 Å². The van der Waals surface area contributed by atoms with Gasteiger partial charge in [-0.15, -0.1) is 0 Å². The van der Waals surface area contributed by atoms with Crippen molar-refractivity contribution in [2.45, 2.75) is 39.5 Å². The lowest BCUT2D eigenvalue weighted by atomic mass is 9.33. The van der Waals surface area contributed by atoms with Crippen molar-refractivity contribution in [3.8, 4) is 23.0 Å². The van der Waals surface area contributed by atoms with Crippen molar-refractivity contribution in [3.63, 3.8) is 0 Å². The molecule has 0 amide bonds. The van der Waals surface area contributed by atoms with Gasteiger partial charge in [-0.25, -0.2) is 0 Å². The Morgan fingerprint density at radius 1 is 0.593 bits per heavy atom. The average Bonchev–Trinajstić information content (AvgIpc) is 2.68. The van der Waals surface area contributed by atoms with Gasteiger partial charge in [-0.1, -0.05) is 57.0 Å². The summed E-state index contributed by atoms with van der Waals surface area (Å²) >= 11 is 0. The SMILES string of the molecule is CCCc1cccc2c1B1c3c(CCC)cccc3Oc3cccc(c31)O2. The number of hydrogen-bond acceptors (Lipinski definition) is 2. The van der Waals surface area contributed by atoms with Crippen molar-refractivity contribution in [3.05, 3.63) is 65.7 Å². The molecule has 0 N–H and O–H groups in total. The minimum absolute atomic E-state index is 0.189. The third kappa shape index (κ3) is 2.49. The summed E-state index contributed by atoms with van der Waals surface area (Å²) in [5, 5.41) is 0. The second kappa shape index (κ2) is 6.49. The van der Waals surface area contributed by atoms with Crippen LogP contribution in [0.5, 0.6) is 23.0 Å². The maximum absolute atomic E-state index is 6.35. The summed E-state index contributed by atoms with van der Waals surface area (Å²) in [4.78, 5) is 0. The largest absolute Gasteiger partial charge is 0.458 e. The highest BCUT2D eigenvalue weighted by Crippen LogP contribution is 2.35. The maximum Gasteiger partial charge on any atom is 0.261 e. The molecule has 27 heavy (non-hydrogen) atoms. The Hall–Kier alpha value is -2.68. The molecule has 0 bridgehead atoms. The first-order valence-corrected chi connectivity index (χ1v) is 10.0. The molecule has 0 unspecified atom stereocenters. The molecule has 0 aliphatic carbocycles. The summed E-state index contributed by atoms with van der Waals surface area (Å²) in [5.41, 5.74) is 6.61. The van der Waals surface area contributed by atoms with E-state index < -0.39 is 0 Å². The van der Waals surface area contributed by atoms with Crippen LogP contribution >= 0.6 is 0 Å². The van der Waals surface area contributed by atoms with E-state index in [1.807, 2.05) is 6.07 Å². The van der Waals surface area contributed by atoms with E-state index in [0.29, 0.717) is 0 Å². The molecule has 0 radical (unpaired) electrons. The summed E-state index contributed by atoms with van der Waals surface area (Å²) in [7, 11) is 0. The summed E-state index contributed by atoms with van der Waals surface area (Å²) in [6.45, 7) is 4.67. The Labute approximate surface area is 161 Å². The standard InChI is InChI=1S/C24H23BO2/c1-3-8-16-10-5-12-18-22(16)25-23-17(9-4-2)11-6-13-19(23)27-21-15-7-14-20(26-18)24(21)25/h5-7,10-15H,3-4,8-9H2,1-2H3. The molecule has 2 aliphatic heterocycles. The van der Waals surface area contributed by atoms with Crippen LogP contribution in [0.3, 0.4) is 0 Å². The Kier molecular flexibility index (Phi) is 3.96. The normalized spacial score (nSPS) is 13.2. The molecule has 0 fully saturated rings. The average molecular weight is 354 g/mol. The molecule has 2 aliphatic rings. The fraction of sp³-hybridized carbons (Fsp3) is 0.250. The second-order valence-electron chi connectivity index (χ2n) is 7.46. The minimum Gasteiger partial charge on any atom is -0.458 e. The van der Waals surface area contributed by atoms with Crippen LogP contribution in [0, 0.1) is 0 Å². The van der Waals surface area contributed by atoms with Crippen LogP contribution in [0.2, 0.25) is 0 Å². The molecule has 2 nitrogen and oxygen atoms in total. The van der Waals surface area contributed by atoms with Crippen molar-refractivity contribution >= 4 is 23.1 Å². The van der Waals surface area contributed by atoms with Crippen molar-refractivity contribution in [2.24, 2.45) is 0 Å². The van der Waals surface area contributed by atoms with Crippen molar-refractivity contribution < 1.29 is 9.47 Å². The van der Waals surface area contributed by atoms with Gasteiger partial charge in [-0.2, -0.15) is 0 Å². The maximum atomic E-state index is 6.35. The van der Waals surface area contributed by atoms with Crippen LogP contribution in [0.25, 0.3) is 0 Å².